The van der Waals surface area contributed by atoms with Crippen molar-refractivity contribution in [3.05, 3.63) is 53.1 Å². The van der Waals surface area contributed by atoms with Gasteiger partial charge in [-0.25, -0.2) is 0 Å². The van der Waals surface area contributed by atoms with Crippen LogP contribution in [-0.2, 0) is 14.3 Å². The molecule has 2 aromatic carbocycles. The van der Waals surface area contributed by atoms with Crippen molar-refractivity contribution >= 4 is 29.2 Å². The summed E-state index contributed by atoms with van der Waals surface area (Å²) in [5, 5.41) is 3.37. The van der Waals surface area contributed by atoms with Crippen LogP contribution in [0.1, 0.15) is 25.3 Å². The number of carbonyl (C=O) groups is 2. The number of hydrogen-bond acceptors (Lipinski definition) is 5. The molecule has 0 aliphatic heterocycles. The molecule has 0 aliphatic carbocycles. The molecule has 2 aromatic rings. The molecule has 28 heavy (non-hydrogen) atoms. The number of amides is 1. The first-order chi connectivity index (χ1) is 13.4. The predicted molar refractivity (Wildman–Crippen MR) is 108 cm³/mol. The maximum absolute atomic E-state index is 12.2. The van der Waals surface area contributed by atoms with Crippen LogP contribution in [0.5, 0.6) is 11.5 Å². The highest BCUT2D eigenvalue weighted by Crippen LogP contribution is 2.23. The van der Waals surface area contributed by atoms with Gasteiger partial charge in [0, 0.05) is 11.4 Å². The molecule has 0 saturated carbocycles. The molecule has 0 bridgehead atoms. The molecule has 6 nitrogen and oxygen atoms in total. The van der Waals surface area contributed by atoms with E-state index in [0.717, 1.165) is 5.56 Å². The summed E-state index contributed by atoms with van der Waals surface area (Å²) < 4.78 is 15.9. The number of benzene rings is 2. The highest BCUT2D eigenvalue weighted by Gasteiger charge is 2.19. The Morgan fingerprint density at radius 2 is 1.93 bits per heavy atom. The highest BCUT2D eigenvalue weighted by molar-refractivity contribution is 6.31. The Hall–Kier alpha value is -2.73. The Morgan fingerprint density at radius 3 is 2.64 bits per heavy atom. The lowest BCUT2D eigenvalue weighted by molar-refractivity contribution is -0.153. The number of rotatable bonds is 9. The second-order valence-electron chi connectivity index (χ2n) is 6.18. The summed E-state index contributed by atoms with van der Waals surface area (Å²) in [6.07, 6.45) is -0.294. The van der Waals surface area contributed by atoms with E-state index in [-0.39, 0.29) is 6.42 Å². The molecule has 0 radical (unpaired) electrons. The number of esters is 1. The van der Waals surface area contributed by atoms with Gasteiger partial charge >= 0.3 is 5.97 Å². The first-order valence-corrected chi connectivity index (χ1v) is 9.31. The second-order valence-corrected chi connectivity index (χ2v) is 6.59. The van der Waals surface area contributed by atoms with Crippen molar-refractivity contribution in [3.63, 3.8) is 0 Å². The molecule has 7 heteroatoms. The number of anilines is 1. The SMILES string of the molecule is COc1ccccc1NC(=O)C(C)OC(=O)CCCOc1ccc(Cl)c(C)c1. The Labute approximate surface area is 169 Å². The number of halogens is 1. The fraction of sp³-hybridized carbons (Fsp3) is 0.333. The highest BCUT2D eigenvalue weighted by atomic mass is 35.5. The van der Waals surface area contributed by atoms with E-state index in [4.69, 9.17) is 25.8 Å². The first kappa shape index (κ1) is 21.6. The first-order valence-electron chi connectivity index (χ1n) is 8.93. The number of nitrogens with one attached hydrogen (secondary N) is 1. The summed E-state index contributed by atoms with van der Waals surface area (Å²) in [6, 6.07) is 12.4. The molecule has 0 aromatic heterocycles. The standard InChI is InChI=1S/C21H24ClNO5/c1-14-13-16(10-11-17(14)22)27-12-6-9-20(24)28-15(2)21(25)23-18-7-4-5-8-19(18)26-3/h4-5,7-8,10-11,13,15H,6,9,12H2,1-3H3,(H,23,25). The normalized spacial score (nSPS) is 11.4. The molecule has 1 atom stereocenters. The van der Waals surface area contributed by atoms with Crippen molar-refractivity contribution in [1.29, 1.82) is 0 Å². The van der Waals surface area contributed by atoms with Crippen molar-refractivity contribution in [1.82, 2.24) is 0 Å². The van der Waals surface area contributed by atoms with Crippen LogP contribution in [0.4, 0.5) is 5.69 Å². The lowest BCUT2D eigenvalue weighted by atomic mass is 10.2. The molecule has 0 fully saturated rings. The van der Waals surface area contributed by atoms with Gasteiger partial charge < -0.3 is 19.5 Å². The monoisotopic (exact) mass is 405 g/mol. The molecule has 0 spiro atoms. The number of hydrogen-bond donors (Lipinski definition) is 1. The average Bonchev–Trinajstić information content (AvgIpc) is 2.68. The molecule has 1 amide bonds. The maximum Gasteiger partial charge on any atom is 0.306 e. The van der Waals surface area contributed by atoms with Crippen LogP contribution in [0.3, 0.4) is 0 Å². The number of methoxy groups -OCH3 is 1. The molecular weight excluding hydrogens is 382 g/mol. The molecule has 0 aliphatic rings. The van der Waals surface area contributed by atoms with Crippen molar-refractivity contribution < 1.29 is 23.8 Å². The van der Waals surface area contributed by atoms with Crippen LogP contribution in [0.25, 0.3) is 0 Å². The van der Waals surface area contributed by atoms with Crippen LogP contribution in [0.2, 0.25) is 5.02 Å². The topological polar surface area (TPSA) is 73.9 Å². The van der Waals surface area contributed by atoms with Crippen molar-refractivity contribution in [2.24, 2.45) is 0 Å². The summed E-state index contributed by atoms with van der Waals surface area (Å²) in [5.41, 5.74) is 1.44. The molecule has 1 unspecified atom stereocenters. The Morgan fingerprint density at radius 1 is 1.18 bits per heavy atom. The van der Waals surface area contributed by atoms with Crippen LogP contribution >= 0.6 is 11.6 Å². The lowest BCUT2D eigenvalue weighted by Gasteiger charge is -2.15. The van der Waals surface area contributed by atoms with E-state index in [9.17, 15) is 9.59 Å². The predicted octanol–water partition coefficient (Wildman–Crippen LogP) is 4.39. The summed E-state index contributed by atoms with van der Waals surface area (Å²) >= 11 is 5.97. The van der Waals surface area contributed by atoms with E-state index in [1.165, 1.54) is 14.0 Å². The van der Waals surface area contributed by atoms with Gasteiger partial charge in [-0.3, -0.25) is 9.59 Å². The molecule has 2 rings (SSSR count). The Balaban J connectivity index is 1.72. The van der Waals surface area contributed by atoms with E-state index in [1.54, 1.807) is 36.4 Å². The third kappa shape index (κ3) is 6.46. The van der Waals surface area contributed by atoms with Gasteiger partial charge in [0.05, 0.1) is 19.4 Å². The van der Waals surface area contributed by atoms with Gasteiger partial charge in [0.2, 0.25) is 0 Å². The van der Waals surface area contributed by atoms with E-state index < -0.39 is 18.0 Å². The third-order valence-corrected chi connectivity index (χ3v) is 4.39. The minimum absolute atomic E-state index is 0.152. The van der Waals surface area contributed by atoms with Crippen molar-refractivity contribution in [2.45, 2.75) is 32.8 Å². The van der Waals surface area contributed by atoms with Crippen LogP contribution in [-0.4, -0.2) is 31.7 Å². The minimum Gasteiger partial charge on any atom is -0.495 e. The number of aryl methyl sites for hydroxylation is 1. The summed E-state index contributed by atoms with van der Waals surface area (Å²) in [7, 11) is 1.52. The van der Waals surface area contributed by atoms with E-state index in [1.807, 2.05) is 13.0 Å². The van der Waals surface area contributed by atoms with Gasteiger partial charge in [-0.2, -0.15) is 0 Å². The maximum atomic E-state index is 12.2. The Bertz CT molecular complexity index is 824. The van der Waals surface area contributed by atoms with E-state index >= 15 is 0 Å². The zero-order chi connectivity index (χ0) is 20.5. The molecule has 150 valence electrons. The van der Waals surface area contributed by atoms with Gasteiger partial charge in [-0.15, -0.1) is 0 Å². The number of carbonyl (C=O) groups excluding carboxylic acids is 2. The fourth-order valence-corrected chi connectivity index (χ4v) is 2.52. The summed E-state index contributed by atoms with van der Waals surface area (Å²) in [5.74, 6) is 0.341. The average molecular weight is 406 g/mol. The lowest BCUT2D eigenvalue weighted by Crippen LogP contribution is -2.30. The molecule has 0 saturated heterocycles. The smallest absolute Gasteiger partial charge is 0.306 e. The summed E-state index contributed by atoms with van der Waals surface area (Å²) in [6.45, 7) is 3.78. The zero-order valence-corrected chi connectivity index (χ0v) is 16.9. The quantitative estimate of drug-likeness (QED) is 0.494. The van der Waals surface area contributed by atoms with Crippen LogP contribution < -0.4 is 14.8 Å². The number of para-hydroxylation sites is 2. The van der Waals surface area contributed by atoms with Gasteiger partial charge in [0.1, 0.15) is 11.5 Å². The largest absolute Gasteiger partial charge is 0.495 e. The van der Waals surface area contributed by atoms with E-state index in [0.29, 0.717) is 35.2 Å². The van der Waals surface area contributed by atoms with Crippen LogP contribution in [0.15, 0.2) is 42.5 Å². The molecule has 1 N–H and O–H groups in total. The van der Waals surface area contributed by atoms with E-state index in [2.05, 4.69) is 5.32 Å². The van der Waals surface area contributed by atoms with Gasteiger partial charge in [-0.1, -0.05) is 23.7 Å². The zero-order valence-electron chi connectivity index (χ0n) is 16.2. The van der Waals surface area contributed by atoms with Crippen molar-refractivity contribution in [2.75, 3.05) is 19.0 Å². The van der Waals surface area contributed by atoms with Gasteiger partial charge in [0.25, 0.3) is 5.91 Å². The van der Waals surface area contributed by atoms with Crippen molar-refractivity contribution in [3.8, 4) is 11.5 Å². The third-order valence-electron chi connectivity index (χ3n) is 3.97. The summed E-state index contributed by atoms with van der Waals surface area (Å²) in [4.78, 5) is 24.2. The number of ether oxygens (including phenoxy) is 3. The van der Waals surface area contributed by atoms with Gasteiger partial charge in [-0.05, 0) is 56.2 Å². The fourth-order valence-electron chi connectivity index (χ4n) is 2.41. The Kier molecular flexibility index (Phi) is 8.14. The molecular formula is C21H24ClNO5. The second kappa shape index (κ2) is 10.6. The van der Waals surface area contributed by atoms with Crippen LogP contribution in [0, 0.1) is 6.92 Å². The minimum atomic E-state index is -0.919. The van der Waals surface area contributed by atoms with Gasteiger partial charge in [0.15, 0.2) is 6.10 Å². The molecule has 0 heterocycles.